The van der Waals surface area contributed by atoms with Gasteiger partial charge in [-0.3, -0.25) is 4.90 Å². The fraction of sp³-hybridized carbons (Fsp3) is 0.625. The van der Waals surface area contributed by atoms with Crippen LogP contribution in [0.2, 0.25) is 0 Å². The Kier molecular flexibility index (Phi) is 4.64. The SMILES string of the molecule is COc1ccc(Br)c(CN2CCN(CC3CC3)CC2)c1. The molecular formula is C16H23BrN2O. The maximum Gasteiger partial charge on any atom is 0.119 e. The summed E-state index contributed by atoms with van der Waals surface area (Å²) < 4.78 is 6.50. The third kappa shape index (κ3) is 3.74. The molecule has 1 aliphatic carbocycles. The number of ether oxygens (including phenoxy) is 1. The summed E-state index contributed by atoms with van der Waals surface area (Å²) in [5, 5.41) is 0. The molecule has 3 rings (SSSR count). The number of halogens is 1. The van der Waals surface area contributed by atoms with Crippen LogP contribution in [0.3, 0.4) is 0 Å². The molecule has 1 aliphatic heterocycles. The van der Waals surface area contributed by atoms with Crippen LogP contribution in [0.4, 0.5) is 0 Å². The molecular weight excluding hydrogens is 316 g/mol. The normalized spacial score (nSPS) is 21.1. The van der Waals surface area contributed by atoms with Crippen molar-refractivity contribution in [2.45, 2.75) is 19.4 Å². The molecule has 1 saturated heterocycles. The molecule has 0 atom stereocenters. The first-order valence-corrected chi connectivity index (χ1v) is 8.31. The van der Waals surface area contributed by atoms with Gasteiger partial charge in [0.05, 0.1) is 7.11 Å². The summed E-state index contributed by atoms with van der Waals surface area (Å²) in [7, 11) is 1.73. The minimum Gasteiger partial charge on any atom is -0.497 e. The van der Waals surface area contributed by atoms with E-state index < -0.39 is 0 Å². The Bertz CT molecular complexity index is 454. The van der Waals surface area contributed by atoms with Gasteiger partial charge in [0.25, 0.3) is 0 Å². The van der Waals surface area contributed by atoms with Gasteiger partial charge in [0.1, 0.15) is 5.75 Å². The maximum atomic E-state index is 5.32. The summed E-state index contributed by atoms with van der Waals surface area (Å²) in [5.74, 6) is 1.95. The van der Waals surface area contributed by atoms with E-state index in [0.717, 1.165) is 18.2 Å². The Morgan fingerprint density at radius 2 is 1.85 bits per heavy atom. The molecule has 2 aliphatic rings. The lowest BCUT2D eigenvalue weighted by molar-refractivity contribution is 0.123. The molecule has 0 bridgehead atoms. The molecule has 4 heteroatoms. The average Bonchev–Trinajstić information content (AvgIpc) is 3.27. The van der Waals surface area contributed by atoms with Gasteiger partial charge in [-0.2, -0.15) is 0 Å². The molecule has 0 amide bonds. The first-order valence-electron chi connectivity index (χ1n) is 7.52. The summed E-state index contributed by atoms with van der Waals surface area (Å²) in [5.41, 5.74) is 1.32. The summed E-state index contributed by atoms with van der Waals surface area (Å²) >= 11 is 3.65. The van der Waals surface area contributed by atoms with Gasteiger partial charge in [-0.15, -0.1) is 0 Å². The number of hydrogen-bond donors (Lipinski definition) is 0. The molecule has 20 heavy (non-hydrogen) atoms. The Morgan fingerprint density at radius 3 is 2.50 bits per heavy atom. The van der Waals surface area contributed by atoms with Gasteiger partial charge >= 0.3 is 0 Å². The number of nitrogens with zero attached hydrogens (tertiary/aromatic N) is 2. The van der Waals surface area contributed by atoms with Gasteiger partial charge < -0.3 is 9.64 Å². The van der Waals surface area contributed by atoms with Crippen LogP contribution < -0.4 is 4.74 Å². The molecule has 110 valence electrons. The quantitative estimate of drug-likeness (QED) is 0.820. The summed E-state index contributed by atoms with van der Waals surface area (Å²) in [6, 6.07) is 6.22. The highest BCUT2D eigenvalue weighted by molar-refractivity contribution is 9.10. The first kappa shape index (κ1) is 14.4. The summed E-state index contributed by atoms with van der Waals surface area (Å²) in [6.07, 6.45) is 2.91. The van der Waals surface area contributed by atoms with Crippen molar-refractivity contribution in [2.75, 3.05) is 39.8 Å². The monoisotopic (exact) mass is 338 g/mol. The fourth-order valence-electron chi connectivity index (χ4n) is 2.84. The van der Waals surface area contributed by atoms with Crippen molar-refractivity contribution in [1.82, 2.24) is 9.80 Å². The van der Waals surface area contributed by atoms with Crippen LogP contribution in [-0.4, -0.2) is 49.6 Å². The Labute approximate surface area is 130 Å². The van der Waals surface area contributed by atoms with Crippen molar-refractivity contribution in [3.05, 3.63) is 28.2 Å². The molecule has 3 nitrogen and oxygen atoms in total. The highest BCUT2D eigenvalue weighted by atomic mass is 79.9. The standard InChI is InChI=1S/C16H23BrN2O/c1-20-15-4-5-16(17)14(10-15)12-19-8-6-18(7-9-19)11-13-2-3-13/h4-5,10,13H,2-3,6-9,11-12H2,1H3. The smallest absolute Gasteiger partial charge is 0.119 e. The number of benzene rings is 1. The van der Waals surface area contributed by atoms with E-state index in [4.69, 9.17) is 4.74 Å². The number of piperazine rings is 1. The van der Waals surface area contributed by atoms with Gasteiger partial charge in [-0.25, -0.2) is 0 Å². The lowest BCUT2D eigenvalue weighted by Crippen LogP contribution is -2.46. The predicted molar refractivity (Wildman–Crippen MR) is 85.1 cm³/mol. The van der Waals surface area contributed by atoms with E-state index in [1.807, 2.05) is 6.07 Å². The highest BCUT2D eigenvalue weighted by Gasteiger charge is 2.26. The lowest BCUT2D eigenvalue weighted by atomic mass is 10.2. The van der Waals surface area contributed by atoms with Crippen LogP contribution in [0.1, 0.15) is 18.4 Å². The molecule has 0 radical (unpaired) electrons. The minimum absolute atomic E-state index is 0.940. The second-order valence-electron chi connectivity index (χ2n) is 5.98. The van der Waals surface area contributed by atoms with Crippen LogP contribution in [0.25, 0.3) is 0 Å². The van der Waals surface area contributed by atoms with Gasteiger partial charge in [-0.1, -0.05) is 15.9 Å². The van der Waals surface area contributed by atoms with Crippen LogP contribution in [-0.2, 0) is 6.54 Å². The molecule has 0 spiro atoms. The van der Waals surface area contributed by atoms with Gasteiger partial charge in [-0.05, 0) is 42.5 Å². The highest BCUT2D eigenvalue weighted by Crippen LogP contribution is 2.30. The van der Waals surface area contributed by atoms with Crippen LogP contribution in [0, 0.1) is 5.92 Å². The van der Waals surface area contributed by atoms with Gasteiger partial charge in [0, 0.05) is 43.7 Å². The zero-order valence-corrected chi connectivity index (χ0v) is 13.7. The molecule has 0 aromatic heterocycles. The number of hydrogen-bond acceptors (Lipinski definition) is 3. The number of methoxy groups -OCH3 is 1. The van der Waals surface area contributed by atoms with Crippen molar-refractivity contribution in [3.63, 3.8) is 0 Å². The third-order valence-electron chi connectivity index (χ3n) is 4.33. The van der Waals surface area contributed by atoms with Crippen molar-refractivity contribution in [1.29, 1.82) is 0 Å². The Hall–Kier alpha value is -0.580. The molecule has 1 heterocycles. The molecule has 1 aromatic carbocycles. The average molecular weight is 339 g/mol. The van der Waals surface area contributed by atoms with E-state index in [9.17, 15) is 0 Å². The van der Waals surface area contributed by atoms with Gasteiger partial charge in [0.2, 0.25) is 0 Å². The van der Waals surface area contributed by atoms with E-state index in [-0.39, 0.29) is 0 Å². The third-order valence-corrected chi connectivity index (χ3v) is 5.10. The van der Waals surface area contributed by atoms with Crippen LogP contribution in [0.5, 0.6) is 5.75 Å². The van der Waals surface area contributed by atoms with E-state index in [2.05, 4.69) is 37.9 Å². The van der Waals surface area contributed by atoms with Gasteiger partial charge in [0.15, 0.2) is 0 Å². The Morgan fingerprint density at radius 1 is 1.15 bits per heavy atom. The van der Waals surface area contributed by atoms with Crippen molar-refractivity contribution in [3.8, 4) is 5.75 Å². The first-order chi connectivity index (χ1) is 9.74. The summed E-state index contributed by atoms with van der Waals surface area (Å²) in [6.45, 7) is 7.13. The second-order valence-corrected chi connectivity index (χ2v) is 6.83. The Balaban J connectivity index is 1.53. The van der Waals surface area contributed by atoms with Crippen LogP contribution in [0.15, 0.2) is 22.7 Å². The zero-order valence-electron chi connectivity index (χ0n) is 12.1. The zero-order chi connectivity index (χ0) is 13.9. The molecule has 1 aromatic rings. The van der Waals surface area contributed by atoms with E-state index in [1.165, 1.54) is 55.6 Å². The predicted octanol–water partition coefficient (Wildman–Crippen LogP) is 2.99. The van der Waals surface area contributed by atoms with Crippen molar-refractivity contribution in [2.24, 2.45) is 5.92 Å². The topological polar surface area (TPSA) is 15.7 Å². The van der Waals surface area contributed by atoms with Crippen molar-refractivity contribution < 1.29 is 4.74 Å². The maximum absolute atomic E-state index is 5.32. The molecule has 2 fully saturated rings. The largest absolute Gasteiger partial charge is 0.497 e. The molecule has 1 saturated carbocycles. The summed E-state index contributed by atoms with van der Waals surface area (Å²) in [4.78, 5) is 5.18. The van der Waals surface area contributed by atoms with Crippen molar-refractivity contribution >= 4 is 15.9 Å². The number of rotatable bonds is 5. The van der Waals surface area contributed by atoms with E-state index in [0.29, 0.717) is 0 Å². The molecule has 0 unspecified atom stereocenters. The fourth-order valence-corrected chi connectivity index (χ4v) is 3.21. The molecule has 0 N–H and O–H groups in total. The second kappa shape index (κ2) is 6.46. The van der Waals surface area contributed by atoms with Crippen LogP contribution >= 0.6 is 15.9 Å². The minimum atomic E-state index is 0.940. The lowest BCUT2D eigenvalue weighted by Gasteiger charge is -2.35. The van der Waals surface area contributed by atoms with E-state index in [1.54, 1.807) is 7.11 Å². The van der Waals surface area contributed by atoms with E-state index >= 15 is 0 Å².